The van der Waals surface area contributed by atoms with Gasteiger partial charge in [-0.3, -0.25) is 15.1 Å². The van der Waals surface area contributed by atoms with Crippen molar-refractivity contribution in [3.8, 4) is 22.6 Å². The van der Waals surface area contributed by atoms with Gasteiger partial charge in [-0.2, -0.15) is 5.10 Å². The van der Waals surface area contributed by atoms with E-state index in [0.717, 1.165) is 74.6 Å². The minimum Gasteiger partial charge on any atom is -0.358 e. The lowest BCUT2D eigenvalue weighted by molar-refractivity contribution is 0.628. The van der Waals surface area contributed by atoms with Crippen LogP contribution in [-0.2, 0) is 0 Å². The van der Waals surface area contributed by atoms with Crippen LogP contribution in [0.1, 0.15) is 38.7 Å². The van der Waals surface area contributed by atoms with Gasteiger partial charge in [-0.15, -0.1) is 0 Å². The highest BCUT2D eigenvalue weighted by molar-refractivity contribution is 5.96. The Morgan fingerprint density at radius 3 is 2.77 bits per heavy atom. The topological polar surface area (TPSA) is 82.3 Å². The molecule has 4 heterocycles. The zero-order valence-corrected chi connectivity index (χ0v) is 22.2. The van der Waals surface area contributed by atoms with Crippen LogP contribution in [-0.4, -0.2) is 25.1 Å². The molecule has 0 saturated heterocycles. The Labute approximate surface area is 226 Å². The highest BCUT2D eigenvalue weighted by Gasteiger charge is 2.14. The van der Waals surface area contributed by atoms with Crippen molar-refractivity contribution in [2.24, 2.45) is 0 Å². The number of unbranched alkanes of at least 4 members (excludes halogenated alkanes) is 1. The summed E-state index contributed by atoms with van der Waals surface area (Å²) in [5.74, 6) is -0.299. The summed E-state index contributed by atoms with van der Waals surface area (Å²) in [6, 6.07) is 12.4. The fourth-order valence-corrected chi connectivity index (χ4v) is 4.58. The number of halogens is 1. The maximum Gasteiger partial charge on any atom is 0.123 e. The molecule has 3 N–H and O–H groups in total. The van der Waals surface area contributed by atoms with Crippen molar-refractivity contribution in [3.05, 3.63) is 102 Å². The number of nitrogens with zero attached hydrogens (tertiary/aromatic N) is 3. The number of allylic oxidation sites excluding steroid dienone is 2. The van der Waals surface area contributed by atoms with Gasteiger partial charge in [0.15, 0.2) is 0 Å². The summed E-state index contributed by atoms with van der Waals surface area (Å²) in [7, 11) is 0. The van der Waals surface area contributed by atoms with Crippen molar-refractivity contribution < 1.29 is 4.39 Å². The van der Waals surface area contributed by atoms with Gasteiger partial charge in [0.25, 0.3) is 0 Å². The molecule has 0 radical (unpaired) electrons. The molecule has 0 bridgehead atoms. The summed E-state index contributed by atoms with van der Waals surface area (Å²) >= 11 is 0. The molecule has 5 aromatic rings. The zero-order chi connectivity index (χ0) is 27.4. The van der Waals surface area contributed by atoms with Gasteiger partial charge in [-0.25, -0.2) is 4.39 Å². The van der Waals surface area contributed by atoms with Crippen molar-refractivity contribution in [1.29, 1.82) is 0 Å². The number of aromatic amines is 2. The molecule has 4 aromatic heterocycles. The molecule has 7 heteroatoms. The molecule has 0 aliphatic rings. The van der Waals surface area contributed by atoms with Crippen LogP contribution in [0, 0.1) is 5.82 Å². The van der Waals surface area contributed by atoms with Crippen LogP contribution in [0.5, 0.6) is 0 Å². The fraction of sp³-hybridized carbons (Fsp3) is 0.156. The molecule has 0 spiro atoms. The fourth-order valence-electron chi connectivity index (χ4n) is 4.58. The number of aromatic nitrogens is 5. The van der Waals surface area contributed by atoms with Crippen LogP contribution in [0.15, 0.2) is 79.9 Å². The lowest BCUT2D eigenvalue weighted by Gasteiger charge is -2.10. The molecule has 196 valence electrons. The summed E-state index contributed by atoms with van der Waals surface area (Å²) in [5, 5.41) is 13.8. The van der Waals surface area contributed by atoms with Gasteiger partial charge >= 0.3 is 0 Å². The summed E-state index contributed by atoms with van der Waals surface area (Å²) < 4.78 is 13.9. The molecule has 5 rings (SSSR count). The van der Waals surface area contributed by atoms with E-state index in [1.807, 2.05) is 43.3 Å². The van der Waals surface area contributed by atoms with Crippen molar-refractivity contribution in [3.63, 3.8) is 0 Å². The van der Waals surface area contributed by atoms with E-state index in [1.165, 1.54) is 12.1 Å². The Balaban J connectivity index is 1.53. The minimum absolute atomic E-state index is 0.299. The molecule has 0 saturated carbocycles. The largest absolute Gasteiger partial charge is 0.358 e. The van der Waals surface area contributed by atoms with Crippen LogP contribution in [0.4, 0.5) is 10.1 Å². The number of H-pyrrole nitrogens is 2. The molecular formula is C32H31FN6. The van der Waals surface area contributed by atoms with Gasteiger partial charge in [-0.05, 0) is 61.7 Å². The molecule has 0 fully saturated rings. The number of pyridine rings is 2. The standard InChI is InChI=1S/C32H31FN6/c1-5-7-9-21(4)36-25-16-23(18-34-19-25)20(3)14-26-28(6-2)38-39-32(26)30-17-27-29(37-30)12-13-35-31(27)22-10-8-11-24(33)15-22/h6,8,10-19,36-38H,3-5,7,9H2,1-2H3/b26-14+,28-6+. The Kier molecular flexibility index (Phi) is 7.50. The first-order chi connectivity index (χ1) is 19.0. The molecule has 1 aromatic carbocycles. The first-order valence-electron chi connectivity index (χ1n) is 13.0. The number of anilines is 1. The van der Waals surface area contributed by atoms with E-state index in [4.69, 9.17) is 0 Å². The Morgan fingerprint density at radius 2 is 1.97 bits per heavy atom. The van der Waals surface area contributed by atoms with E-state index in [2.05, 4.69) is 50.5 Å². The lowest BCUT2D eigenvalue weighted by atomic mass is 10.1. The second kappa shape index (κ2) is 11.3. The first kappa shape index (κ1) is 25.9. The van der Waals surface area contributed by atoms with E-state index < -0.39 is 0 Å². The van der Waals surface area contributed by atoms with E-state index in [0.29, 0.717) is 11.3 Å². The average Bonchev–Trinajstić information content (AvgIpc) is 3.55. The van der Waals surface area contributed by atoms with E-state index in [9.17, 15) is 4.39 Å². The van der Waals surface area contributed by atoms with Crippen molar-refractivity contribution in [2.45, 2.75) is 33.1 Å². The van der Waals surface area contributed by atoms with Gasteiger partial charge in [0.1, 0.15) is 11.5 Å². The third kappa shape index (κ3) is 5.57. The number of hydrogen-bond donors (Lipinski definition) is 3. The maximum absolute atomic E-state index is 13.9. The van der Waals surface area contributed by atoms with Crippen LogP contribution in [0.3, 0.4) is 0 Å². The number of nitrogens with one attached hydrogen (secondary N) is 3. The predicted molar refractivity (Wildman–Crippen MR) is 158 cm³/mol. The highest BCUT2D eigenvalue weighted by Crippen LogP contribution is 2.30. The number of benzene rings is 1. The smallest absolute Gasteiger partial charge is 0.123 e. The third-order valence-corrected chi connectivity index (χ3v) is 6.60. The van der Waals surface area contributed by atoms with Crippen molar-refractivity contribution in [1.82, 2.24) is 25.1 Å². The normalized spacial score (nSPS) is 12.3. The number of rotatable bonds is 9. The first-order valence-corrected chi connectivity index (χ1v) is 13.0. The van der Waals surface area contributed by atoms with Crippen LogP contribution in [0.2, 0.25) is 0 Å². The van der Waals surface area contributed by atoms with Crippen LogP contribution < -0.4 is 15.9 Å². The Bertz CT molecular complexity index is 1790. The lowest BCUT2D eigenvalue weighted by Crippen LogP contribution is -2.23. The van der Waals surface area contributed by atoms with E-state index in [-0.39, 0.29) is 5.82 Å². The van der Waals surface area contributed by atoms with Crippen molar-refractivity contribution >= 4 is 34.3 Å². The van der Waals surface area contributed by atoms with Gasteiger partial charge in [0.05, 0.1) is 28.6 Å². The number of hydrogen-bond acceptors (Lipinski definition) is 4. The van der Waals surface area contributed by atoms with Crippen LogP contribution in [0.25, 0.3) is 51.3 Å². The maximum atomic E-state index is 13.9. The summed E-state index contributed by atoms with van der Waals surface area (Å²) in [5.41, 5.74) is 7.43. The molecule has 0 aliphatic heterocycles. The highest BCUT2D eigenvalue weighted by atomic mass is 19.1. The second-order valence-electron chi connectivity index (χ2n) is 9.47. The molecule has 39 heavy (non-hydrogen) atoms. The SMILES string of the molecule is C=C(CCCC)Nc1cncc(C(=C)/C=c2/c(-c3cc4c(-c5cccc(F)c5)nccc4[nH]3)n[nH]/c2=C/C)c1. The van der Waals surface area contributed by atoms with E-state index >= 15 is 0 Å². The van der Waals surface area contributed by atoms with E-state index in [1.54, 1.807) is 24.7 Å². The molecule has 0 aliphatic carbocycles. The number of fused-ring (bicyclic) bond motifs is 1. The van der Waals surface area contributed by atoms with Gasteiger partial charge < -0.3 is 10.3 Å². The van der Waals surface area contributed by atoms with Crippen LogP contribution >= 0.6 is 0 Å². The summed E-state index contributed by atoms with van der Waals surface area (Å²) in [6.07, 6.45) is 12.4. The predicted octanol–water partition coefficient (Wildman–Crippen LogP) is 6.56. The average molecular weight is 519 g/mol. The van der Waals surface area contributed by atoms with Gasteiger partial charge in [-0.1, -0.05) is 44.7 Å². The third-order valence-electron chi connectivity index (χ3n) is 6.60. The summed E-state index contributed by atoms with van der Waals surface area (Å²) in [6.45, 7) is 12.6. The monoisotopic (exact) mass is 518 g/mol. The van der Waals surface area contributed by atoms with Gasteiger partial charge in [0.2, 0.25) is 0 Å². The molecule has 0 unspecified atom stereocenters. The molecule has 0 amide bonds. The molecule has 0 atom stereocenters. The Morgan fingerprint density at radius 1 is 1.10 bits per heavy atom. The second-order valence-corrected chi connectivity index (χ2v) is 9.47. The minimum atomic E-state index is -0.299. The molecule has 6 nitrogen and oxygen atoms in total. The summed E-state index contributed by atoms with van der Waals surface area (Å²) in [4.78, 5) is 12.4. The molecular weight excluding hydrogens is 487 g/mol. The van der Waals surface area contributed by atoms with Gasteiger partial charge in [0, 0.05) is 45.3 Å². The van der Waals surface area contributed by atoms with Crippen molar-refractivity contribution in [2.75, 3.05) is 5.32 Å². The Hall–Kier alpha value is -4.78. The quantitative estimate of drug-likeness (QED) is 0.206. The zero-order valence-electron chi connectivity index (χ0n) is 22.2.